The summed E-state index contributed by atoms with van der Waals surface area (Å²) >= 11 is 5.83. The van der Waals surface area contributed by atoms with Crippen LogP contribution in [0.25, 0.3) is 0 Å². The summed E-state index contributed by atoms with van der Waals surface area (Å²) in [5.74, 6) is -0.956. The summed E-state index contributed by atoms with van der Waals surface area (Å²) in [4.78, 5) is 10.3. The van der Waals surface area contributed by atoms with Crippen LogP contribution in [0.15, 0.2) is 23.1 Å². The molecular weight excluding hydrogens is 278 g/mol. The van der Waals surface area contributed by atoms with E-state index in [1.807, 2.05) is 0 Å². The zero-order valence-electron chi connectivity index (χ0n) is 9.81. The van der Waals surface area contributed by atoms with Crippen LogP contribution in [-0.2, 0) is 14.8 Å². The molecule has 7 heteroatoms. The lowest BCUT2D eigenvalue weighted by Gasteiger charge is -2.08. The van der Waals surface area contributed by atoms with E-state index in [-0.39, 0.29) is 29.3 Å². The topological polar surface area (TPSA) is 83.5 Å². The fourth-order valence-corrected chi connectivity index (χ4v) is 3.00. The molecule has 0 aliphatic carbocycles. The molecule has 0 unspecified atom stereocenters. The van der Waals surface area contributed by atoms with Crippen LogP contribution in [0.3, 0.4) is 0 Å². The summed E-state index contributed by atoms with van der Waals surface area (Å²) in [6, 6.07) is 4.70. The average Bonchev–Trinajstić information content (AvgIpc) is 2.27. The van der Waals surface area contributed by atoms with Gasteiger partial charge in [-0.15, -0.1) is 0 Å². The van der Waals surface area contributed by atoms with Gasteiger partial charge in [-0.1, -0.05) is 17.7 Å². The number of hydrogen-bond acceptors (Lipinski definition) is 3. The molecule has 5 nitrogen and oxygen atoms in total. The largest absolute Gasteiger partial charge is 0.481 e. The molecule has 0 bridgehead atoms. The summed E-state index contributed by atoms with van der Waals surface area (Å²) in [6.45, 7) is 1.83. The van der Waals surface area contributed by atoms with E-state index in [9.17, 15) is 13.2 Å². The summed E-state index contributed by atoms with van der Waals surface area (Å²) in [7, 11) is -3.69. The van der Waals surface area contributed by atoms with Crippen LogP contribution in [0.5, 0.6) is 0 Å². The van der Waals surface area contributed by atoms with Crippen molar-refractivity contribution in [1.29, 1.82) is 0 Å². The molecule has 0 amide bonds. The molecule has 18 heavy (non-hydrogen) atoms. The van der Waals surface area contributed by atoms with Crippen LogP contribution in [-0.4, -0.2) is 26.0 Å². The molecule has 2 N–H and O–H groups in total. The molecule has 1 aromatic carbocycles. The van der Waals surface area contributed by atoms with Crippen molar-refractivity contribution in [3.05, 3.63) is 28.8 Å². The molecule has 0 spiro atoms. The molecule has 0 aliphatic rings. The molecule has 0 saturated heterocycles. The van der Waals surface area contributed by atoms with Gasteiger partial charge in [0, 0.05) is 13.0 Å². The maximum absolute atomic E-state index is 11.9. The maximum Gasteiger partial charge on any atom is 0.303 e. The van der Waals surface area contributed by atoms with Crippen molar-refractivity contribution >= 4 is 27.6 Å². The highest BCUT2D eigenvalue weighted by molar-refractivity contribution is 7.89. The van der Waals surface area contributed by atoms with Crippen molar-refractivity contribution in [3.8, 4) is 0 Å². The highest BCUT2D eigenvalue weighted by Gasteiger charge is 2.17. The van der Waals surface area contributed by atoms with E-state index in [0.717, 1.165) is 5.56 Å². The van der Waals surface area contributed by atoms with Gasteiger partial charge in [-0.3, -0.25) is 4.79 Å². The predicted octanol–water partition coefficient (Wildman–Crippen LogP) is 1.79. The first-order valence-corrected chi connectivity index (χ1v) is 7.16. The fourth-order valence-electron chi connectivity index (χ4n) is 1.34. The second-order valence-electron chi connectivity index (χ2n) is 3.83. The molecule has 0 heterocycles. The molecule has 0 saturated carbocycles. The van der Waals surface area contributed by atoms with E-state index in [0.29, 0.717) is 0 Å². The lowest BCUT2D eigenvalue weighted by Crippen LogP contribution is -2.25. The summed E-state index contributed by atoms with van der Waals surface area (Å²) in [5, 5.41) is 8.59. The molecule has 0 fully saturated rings. The minimum absolute atomic E-state index is 0.0134. The van der Waals surface area contributed by atoms with Crippen LogP contribution in [0.4, 0.5) is 0 Å². The van der Waals surface area contributed by atoms with Gasteiger partial charge in [0.2, 0.25) is 10.0 Å². The van der Waals surface area contributed by atoms with Crippen LogP contribution in [0, 0.1) is 6.92 Å². The summed E-state index contributed by atoms with van der Waals surface area (Å²) in [6.07, 6.45) is 0.155. The van der Waals surface area contributed by atoms with E-state index < -0.39 is 16.0 Å². The summed E-state index contributed by atoms with van der Waals surface area (Å²) in [5.41, 5.74) is 0.783. The highest BCUT2D eigenvalue weighted by atomic mass is 35.5. The molecule has 0 radical (unpaired) electrons. The van der Waals surface area contributed by atoms with Gasteiger partial charge in [-0.2, -0.15) is 0 Å². The SMILES string of the molecule is Cc1ccc(Cl)c(S(=O)(=O)NCCCC(=O)O)c1. The Morgan fingerprint density at radius 1 is 1.44 bits per heavy atom. The minimum Gasteiger partial charge on any atom is -0.481 e. The number of carboxylic acids is 1. The number of rotatable bonds is 6. The van der Waals surface area contributed by atoms with Crippen molar-refractivity contribution in [1.82, 2.24) is 4.72 Å². The lowest BCUT2D eigenvalue weighted by atomic mass is 10.2. The van der Waals surface area contributed by atoms with Crippen molar-refractivity contribution in [3.63, 3.8) is 0 Å². The monoisotopic (exact) mass is 291 g/mol. The van der Waals surface area contributed by atoms with Gasteiger partial charge in [0.25, 0.3) is 0 Å². The molecule has 1 aromatic rings. The normalized spacial score (nSPS) is 11.4. The Morgan fingerprint density at radius 3 is 2.72 bits per heavy atom. The number of carbonyl (C=O) groups is 1. The van der Waals surface area contributed by atoms with Crippen LogP contribution in [0.1, 0.15) is 18.4 Å². The van der Waals surface area contributed by atoms with Crippen molar-refractivity contribution in [2.24, 2.45) is 0 Å². The number of benzene rings is 1. The second kappa shape index (κ2) is 6.17. The second-order valence-corrected chi connectivity index (χ2v) is 5.97. The van der Waals surface area contributed by atoms with Gasteiger partial charge in [-0.25, -0.2) is 13.1 Å². The molecule has 0 aromatic heterocycles. The molecule has 0 atom stereocenters. The van der Waals surface area contributed by atoms with Crippen molar-refractivity contribution in [2.75, 3.05) is 6.54 Å². The van der Waals surface area contributed by atoms with Gasteiger partial charge >= 0.3 is 5.97 Å². The predicted molar refractivity (Wildman–Crippen MR) is 68.2 cm³/mol. The van der Waals surface area contributed by atoms with Crippen LogP contribution < -0.4 is 4.72 Å². The smallest absolute Gasteiger partial charge is 0.303 e. The average molecular weight is 292 g/mol. The van der Waals surface area contributed by atoms with Gasteiger partial charge < -0.3 is 5.11 Å². The number of nitrogens with one attached hydrogen (secondary N) is 1. The van der Waals surface area contributed by atoms with Gasteiger partial charge in [0.15, 0.2) is 0 Å². The number of halogens is 1. The Hall–Kier alpha value is -1.11. The van der Waals surface area contributed by atoms with E-state index in [1.54, 1.807) is 13.0 Å². The lowest BCUT2D eigenvalue weighted by molar-refractivity contribution is -0.137. The van der Waals surface area contributed by atoms with E-state index >= 15 is 0 Å². The third-order valence-electron chi connectivity index (χ3n) is 2.24. The highest BCUT2D eigenvalue weighted by Crippen LogP contribution is 2.22. The first-order chi connectivity index (χ1) is 8.33. The number of aryl methyl sites for hydroxylation is 1. The summed E-state index contributed by atoms with van der Waals surface area (Å²) < 4.78 is 26.1. The Bertz CT molecular complexity index is 542. The van der Waals surface area contributed by atoms with Crippen molar-refractivity contribution < 1.29 is 18.3 Å². The quantitative estimate of drug-likeness (QED) is 0.783. The molecule has 1 rings (SSSR count). The molecular formula is C11H14ClNO4S. The maximum atomic E-state index is 11.9. The number of hydrogen-bond donors (Lipinski definition) is 2. The van der Waals surface area contributed by atoms with E-state index in [4.69, 9.17) is 16.7 Å². The van der Waals surface area contributed by atoms with Crippen LogP contribution in [0.2, 0.25) is 5.02 Å². The first kappa shape index (κ1) is 14.9. The Labute approximate surface area is 111 Å². The van der Waals surface area contributed by atoms with Gasteiger partial charge in [0.05, 0.1) is 5.02 Å². The third kappa shape index (κ3) is 4.29. The number of carboxylic acid groups (broad SMARTS) is 1. The van der Waals surface area contributed by atoms with E-state index in [2.05, 4.69) is 4.72 Å². The fraction of sp³-hybridized carbons (Fsp3) is 0.364. The number of sulfonamides is 1. The standard InChI is InChI=1S/C11H14ClNO4S/c1-8-4-5-9(12)10(7-8)18(16,17)13-6-2-3-11(14)15/h4-5,7,13H,2-3,6H2,1H3,(H,14,15). The van der Waals surface area contributed by atoms with Crippen molar-refractivity contribution in [2.45, 2.75) is 24.7 Å². The van der Waals surface area contributed by atoms with Crippen LogP contribution >= 0.6 is 11.6 Å². The Balaban J connectivity index is 2.74. The molecule has 0 aliphatic heterocycles. The van der Waals surface area contributed by atoms with E-state index in [1.165, 1.54) is 12.1 Å². The first-order valence-electron chi connectivity index (χ1n) is 5.30. The van der Waals surface area contributed by atoms with Gasteiger partial charge in [0.1, 0.15) is 4.90 Å². The number of aliphatic carboxylic acids is 1. The Morgan fingerprint density at radius 2 is 2.11 bits per heavy atom. The third-order valence-corrected chi connectivity index (χ3v) is 4.18. The Kier molecular flexibility index (Phi) is 5.13. The zero-order valence-corrected chi connectivity index (χ0v) is 11.4. The van der Waals surface area contributed by atoms with Gasteiger partial charge in [-0.05, 0) is 31.0 Å². The zero-order chi connectivity index (χ0) is 13.8. The minimum atomic E-state index is -3.69. The molecule has 100 valence electrons.